The molecule has 0 saturated heterocycles. The molecular formula is C19H22ClNO3. The second kappa shape index (κ2) is 8.60. The molecule has 0 fully saturated rings. The Labute approximate surface area is 147 Å². The van der Waals surface area contributed by atoms with E-state index in [2.05, 4.69) is 12.2 Å². The molecule has 2 aromatic rings. The van der Waals surface area contributed by atoms with Crippen molar-refractivity contribution in [2.45, 2.75) is 26.2 Å². The van der Waals surface area contributed by atoms with Crippen LogP contribution in [0.25, 0.3) is 0 Å². The number of hydrogen-bond donors (Lipinski definition) is 1. The molecule has 0 radical (unpaired) electrons. The maximum Gasteiger partial charge on any atom is 0.224 e. The normalized spacial score (nSPS) is 10.3. The second-order valence-electron chi connectivity index (χ2n) is 5.54. The Morgan fingerprint density at radius 1 is 1.12 bits per heavy atom. The summed E-state index contributed by atoms with van der Waals surface area (Å²) in [6.07, 6.45) is 2.04. The summed E-state index contributed by atoms with van der Waals surface area (Å²) in [5.74, 6) is 1.39. The van der Waals surface area contributed by atoms with Crippen LogP contribution in [0.15, 0.2) is 36.4 Å². The maximum atomic E-state index is 12.1. The largest absolute Gasteiger partial charge is 0.497 e. The lowest BCUT2D eigenvalue weighted by atomic mass is 10.0. The van der Waals surface area contributed by atoms with Gasteiger partial charge in [-0.05, 0) is 61.2 Å². The summed E-state index contributed by atoms with van der Waals surface area (Å²) in [4.78, 5) is 12.1. The van der Waals surface area contributed by atoms with Gasteiger partial charge in [-0.25, -0.2) is 0 Å². The fourth-order valence-corrected chi connectivity index (χ4v) is 2.68. The third kappa shape index (κ3) is 4.90. The highest BCUT2D eigenvalue weighted by Crippen LogP contribution is 2.28. The van der Waals surface area contributed by atoms with Crippen molar-refractivity contribution < 1.29 is 14.3 Å². The number of rotatable bonds is 7. The van der Waals surface area contributed by atoms with Crippen LogP contribution >= 0.6 is 11.6 Å². The Bertz CT molecular complexity index is 716. The van der Waals surface area contributed by atoms with E-state index in [1.165, 1.54) is 11.1 Å². The lowest BCUT2D eigenvalue weighted by Crippen LogP contribution is -2.12. The Kier molecular flexibility index (Phi) is 6.50. The molecule has 0 saturated carbocycles. The van der Waals surface area contributed by atoms with Gasteiger partial charge in [-0.3, -0.25) is 4.79 Å². The van der Waals surface area contributed by atoms with E-state index in [-0.39, 0.29) is 5.91 Å². The minimum atomic E-state index is -0.0540. The summed E-state index contributed by atoms with van der Waals surface area (Å²) in [6, 6.07) is 11.1. The van der Waals surface area contributed by atoms with Crippen LogP contribution in [-0.4, -0.2) is 20.1 Å². The van der Waals surface area contributed by atoms with E-state index in [1.54, 1.807) is 32.4 Å². The SMILES string of the molecule is COc1ccc(CCCC(=O)Nc2cc(Cl)ccc2OC)c(C)c1. The van der Waals surface area contributed by atoms with Crippen LogP contribution in [0.5, 0.6) is 11.5 Å². The van der Waals surface area contributed by atoms with Gasteiger partial charge in [-0.2, -0.15) is 0 Å². The van der Waals surface area contributed by atoms with Crippen LogP contribution in [0.4, 0.5) is 5.69 Å². The van der Waals surface area contributed by atoms with Gasteiger partial charge in [-0.1, -0.05) is 17.7 Å². The minimum Gasteiger partial charge on any atom is -0.497 e. The number of carbonyl (C=O) groups excluding carboxylic acids is 1. The molecule has 24 heavy (non-hydrogen) atoms. The molecule has 0 spiro atoms. The molecule has 0 bridgehead atoms. The first-order valence-electron chi connectivity index (χ1n) is 7.80. The molecule has 0 unspecified atom stereocenters. The minimum absolute atomic E-state index is 0.0540. The monoisotopic (exact) mass is 347 g/mol. The number of ether oxygens (including phenoxy) is 2. The predicted molar refractivity (Wildman–Crippen MR) is 97.3 cm³/mol. The Morgan fingerprint density at radius 2 is 1.92 bits per heavy atom. The van der Waals surface area contributed by atoms with E-state index in [0.29, 0.717) is 22.9 Å². The van der Waals surface area contributed by atoms with E-state index in [0.717, 1.165) is 18.6 Å². The highest BCUT2D eigenvalue weighted by molar-refractivity contribution is 6.31. The predicted octanol–water partition coefficient (Wildman–Crippen LogP) is 4.63. The molecule has 0 aliphatic rings. The molecule has 5 heteroatoms. The average Bonchev–Trinajstić information content (AvgIpc) is 2.56. The molecule has 0 atom stereocenters. The first-order valence-corrected chi connectivity index (χ1v) is 8.18. The molecule has 0 heterocycles. The molecule has 1 N–H and O–H groups in total. The van der Waals surface area contributed by atoms with Crippen molar-refractivity contribution in [2.75, 3.05) is 19.5 Å². The van der Waals surface area contributed by atoms with Crippen molar-refractivity contribution in [1.29, 1.82) is 0 Å². The summed E-state index contributed by atoms with van der Waals surface area (Å²) in [5, 5.41) is 3.41. The third-order valence-electron chi connectivity index (χ3n) is 3.84. The quantitative estimate of drug-likeness (QED) is 0.794. The van der Waals surface area contributed by atoms with Crippen LogP contribution in [0.3, 0.4) is 0 Å². The van der Waals surface area contributed by atoms with Crippen molar-refractivity contribution in [1.82, 2.24) is 0 Å². The van der Waals surface area contributed by atoms with Gasteiger partial charge in [0.1, 0.15) is 11.5 Å². The van der Waals surface area contributed by atoms with Gasteiger partial charge in [0.15, 0.2) is 0 Å². The Hall–Kier alpha value is -2.20. The number of benzene rings is 2. The fraction of sp³-hybridized carbons (Fsp3) is 0.316. The van der Waals surface area contributed by atoms with Crippen LogP contribution in [-0.2, 0) is 11.2 Å². The Morgan fingerprint density at radius 3 is 2.58 bits per heavy atom. The van der Waals surface area contributed by atoms with E-state index >= 15 is 0 Å². The van der Waals surface area contributed by atoms with Gasteiger partial charge in [0.05, 0.1) is 19.9 Å². The zero-order valence-electron chi connectivity index (χ0n) is 14.2. The number of carbonyl (C=O) groups is 1. The van der Waals surface area contributed by atoms with Crippen LogP contribution in [0, 0.1) is 6.92 Å². The highest BCUT2D eigenvalue weighted by Gasteiger charge is 2.09. The molecule has 0 aliphatic heterocycles. The first-order chi connectivity index (χ1) is 11.5. The maximum absolute atomic E-state index is 12.1. The summed E-state index contributed by atoms with van der Waals surface area (Å²) in [6.45, 7) is 2.05. The van der Waals surface area contributed by atoms with E-state index in [1.807, 2.05) is 18.2 Å². The standard InChI is InChI=1S/C19H22ClNO3/c1-13-11-16(23-2)9-7-14(13)5-4-6-19(22)21-17-12-15(20)8-10-18(17)24-3/h7-12H,4-6H2,1-3H3,(H,21,22). The van der Waals surface area contributed by atoms with Crippen molar-refractivity contribution in [3.05, 3.63) is 52.5 Å². The topological polar surface area (TPSA) is 47.6 Å². The molecule has 128 valence electrons. The summed E-state index contributed by atoms with van der Waals surface area (Å²) < 4.78 is 10.4. The number of methoxy groups -OCH3 is 2. The first kappa shape index (κ1) is 18.1. The van der Waals surface area contributed by atoms with Crippen molar-refractivity contribution in [2.24, 2.45) is 0 Å². The zero-order valence-corrected chi connectivity index (χ0v) is 14.9. The van der Waals surface area contributed by atoms with Gasteiger partial charge in [0.2, 0.25) is 5.91 Å². The van der Waals surface area contributed by atoms with Gasteiger partial charge < -0.3 is 14.8 Å². The number of hydrogen-bond acceptors (Lipinski definition) is 3. The lowest BCUT2D eigenvalue weighted by molar-refractivity contribution is -0.116. The van der Waals surface area contributed by atoms with E-state index in [4.69, 9.17) is 21.1 Å². The van der Waals surface area contributed by atoms with Crippen molar-refractivity contribution in [3.8, 4) is 11.5 Å². The van der Waals surface area contributed by atoms with Gasteiger partial charge in [0.25, 0.3) is 0 Å². The van der Waals surface area contributed by atoms with Crippen LogP contribution in [0.1, 0.15) is 24.0 Å². The smallest absolute Gasteiger partial charge is 0.224 e. The number of aryl methyl sites for hydroxylation is 2. The summed E-state index contributed by atoms with van der Waals surface area (Å²) >= 11 is 5.97. The third-order valence-corrected chi connectivity index (χ3v) is 4.07. The fourth-order valence-electron chi connectivity index (χ4n) is 2.51. The lowest BCUT2D eigenvalue weighted by Gasteiger charge is -2.11. The molecule has 4 nitrogen and oxygen atoms in total. The van der Waals surface area contributed by atoms with E-state index < -0.39 is 0 Å². The summed E-state index contributed by atoms with van der Waals surface area (Å²) in [7, 11) is 3.22. The average molecular weight is 348 g/mol. The van der Waals surface area contributed by atoms with Crippen LogP contribution in [0.2, 0.25) is 5.02 Å². The number of nitrogens with one attached hydrogen (secondary N) is 1. The van der Waals surface area contributed by atoms with Gasteiger partial charge >= 0.3 is 0 Å². The van der Waals surface area contributed by atoms with Crippen molar-refractivity contribution in [3.63, 3.8) is 0 Å². The number of anilines is 1. The molecular weight excluding hydrogens is 326 g/mol. The van der Waals surface area contributed by atoms with E-state index in [9.17, 15) is 4.79 Å². The van der Waals surface area contributed by atoms with Crippen molar-refractivity contribution >= 4 is 23.2 Å². The molecule has 2 aromatic carbocycles. The zero-order chi connectivity index (χ0) is 17.5. The number of halogens is 1. The highest BCUT2D eigenvalue weighted by atomic mass is 35.5. The molecule has 2 rings (SSSR count). The molecule has 1 amide bonds. The molecule has 0 aromatic heterocycles. The Balaban J connectivity index is 1.89. The van der Waals surface area contributed by atoms with Gasteiger partial charge in [-0.15, -0.1) is 0 Å². The van der Waals surface area contributed by atoms with Crippen LogP contribution < -0.4 is 14.8 Å². The summed E-state index contributed by atoms with van der Waals surface area (Å²) in [5.41, 5.74) is 2.99. The van der Waals surface area contributed by atoms with Gasteiger partial charge in [0, 0.05) is 11.4 Å². The number of amides is 1. The molecule has 0 aliphatic carbocycles. The second-order valence-corrected chi connectivity index (χ2v) is 5.98.